The quantitative estimate of drug-likeness (QED) is 0.166. The first kappa shape index (κ1) is 35.4. The molecule has 2 aliphatic carbocycles. The van der Waals surface area contributed by atoms with Crippen LogP contribution in [0, 0.1) is 0 Å². The molecule has 2 aliphatic rings. The first-order valence-corrected chi connectivity index (χ1v) is 23.2. The van der Waals surface area contributed by atoms with Crippen molar-refractivity contribution in [2.45, 2.75) is 5.41 Å². The Kier molecular flexibility index (Phi) is 7.06. The molecule has 300 valence electrons. The summed E-state index contributed by atoms with van der Waals surface area (Å²) in [5.41, 5.74) is 19.3. The fourth-order valence-electron chi connectivity index (χ4n) is 11.8. The number of nitrogens with zero attached hydrogens (tertiary/aromatic N) is 1. The van der Waals surface area contributed by atoms with Gasteiger partial charge in [-0.05, 0) is 115 Å². The van der Waals surface area contributed by atoms with Gasteiger partial charge in [-0.2, -0.15) is 0 Å². The summed E-state index contributed by atoms with van der Waals surface area (Å²) in [6, 6.07) is 78.4. The molecule has 0 fully saturated rings. The van der Waals surface area contributed by atoms with Gasteiger partial charge in [-0.15, -0.1) is 11.3 Å². The van der Waals surface area contributed by atoms with Crippen LogP contribution in [0.15, 0.2) is 217 Å². The van der Waals surface area contributed by atoms with Crippen LogP contribution in [0.2, 0.25) is 0 Å². The van der Waals surface area contributed by atoms with E-state index in [4.69, 9.17) is 9.40 Å². The summed E-state index contributed by atoms with van der Waals surface area (Å²) >= 11 is 1.87. The van der Waals surface area contributed by atoms with E-state index < -0.39 is 5.41 Å². The molecule has 1 spiro atoms. The van der Waals surface area contributed by atoms with Gasteiger partial charge in [0.05, 0.1) is 16.6 Å². The molecule has 2 nitrogen and oxygen atoms in total. The maximum Gasteiger partial charge on any atom is 0.143 e. The highest BCUT2D eigenvalue weighted by Crippen LogP contribution is 2.63. The van der Waals surface area contributed by atoms with Gasteiger partial charge in [0, 0.05) is 52.8 Å². The minimum Gasteiger partial charge on any atom is -0.455 e. The molecular weight excluding hydrogens is 807 g/mol. The fraction of sp³-hybridized carbons (Fsp3) is 0.0161. The highest BCUT2D eigenvalue weighted by atomic mass is 32.1. The average molecular weight is 842 g/mol. The first-order chi connectivity index (χ1) is 32.2. The molecule has 0 unspecified atom stereocenters. The van der Waals surface area contributed by atoms with Gasteiger partial charge in [-0.1, -0.05) is 164 Å². The number of para-hydroxylation sites is 3. The standard InChI is InChI=1S/C62H35NOS/c1-7-25-52-41(15-1)42-16-2-8-26-53(42)62(52)54-27-9-3-17-43(54)50-34-49-44-18-4-10-28-56(44)63-59(51(49)35-55(50)62)38-32-36(39-21-13-23-47-45-19-5-11-29-57(45)64-60(39)47)31-37(33-38)40-22-14-24-48-46-20-6-12-30-58(46)65-61(40)48/h1-35H. The third kappa shape index (κ3) is 4.70. The van der Waals surface area contributed by atoms with Gasteiger partial charge in [-0.3, -0.25) is 0 Å². The predicted molar refractivity (Wildman–Crippen MR) is 272 cm³/mol. The maximum atomic E-state index is 6.75. The summed E-state index contributed by atoms with van der Waals surface area (Å²) in [6.07, 6.45) is 0. The lowest BCUT2D eigenvalue weighted by Crippen LogP contribution is -2.25. The van der Waals surface area contributed by atoms with Crippen molar-refractivity contribution in [3.63, 3.8) is 0 Å². The van der Waals surface area contributed by atoms with E-state index in [1.165, 1.54) is 75.6 Å². The summed E-state index contributed by atoms with van der Waals surface area (Å²) in [4.78, 5) is 5.69. The Bertz CT molecular complexity index is 4030. The lowest BCUT2D eigenvalue weighted by molar-refractivity contribution is 0.670. The highest BCUT2D eigenvalue weighted by Gasteiger charge is 2.51. The molecular formula is C62H35NOS. The topological polar surface area (TPSA) is 26.0 Å². The monoisotopic (exact) mass is 841 g/mol. The molecule has 0 saturated heterocycles. The zero-order valence-corrected chi connectivity index (χ0v) is 35.8. The van der Waals surface area contributed by atoms with Gasteiger partial charge < -0.3 is 4.42 Å². The van der Waals surface area contributed by atoms with Gasteiger partial charge in [0.25, 0.3) is 0 Å². The molecule has 3 aromatic heterocycles. The SMILES string of the molecule is c1ccc2c(c1)-c1ccccc1C21c2ccccc2-c2cc3c(cc21)c(-c1cc(-c2cccc4c2oc2ccccc24)cc(-c2cccc4c2sc2ccccc24)c1)nc1ccccc13. The van der Waals surface area contributed by atoms with Crippen molar-refractivity contribution in [2.75, 3.05) is 0 Å². The Hall–Kier alpha value is -8.11. The molecule has 0 N–H and O–H groups in total. The second-order valence-electron chi connectivity index (χ2n) is 17.7. The normalized spacial score (nSPS) is 13.4. The maximum absolute atomic E-state index is 6.75. The van der Waals surface area contributed by atoms with Gasteiger partial charge >= 0.3 is 0 Å². The largest absolute Gasteiger partial charge is 0.455 e. The van der Waals surface area contributed by atoms with Crippen LogP contribution >= 0.6 is 11.3 Å². The Balaban J connectivity index is 1.07. The van der Waals surface area contributed by atoms with E-state index in [9.17, 15) is 0 Å². The van der Waals surface area contributed by atoms with Crippen LogP contribution < -0.4 is 0 Å². The van der Waals surface area contributed by atoms with Crippen molar-refractivity contribution in [1.29, 1.82) is 0 Å². The number of fused-ring (bicyclic) bond motifs is 19. The van der Waals surface area contributed by atoms with E-state index in [0.717, 1.165) is 66.2 Å². The second kappa shape index (κ2) is 13.0. The van der Waals surface area contributed by atoms with Crippen molar-refractivity contribution in [1.82, 2.24) is 4.98 Å². The van der Waals surface area contributed by atoms with Crippen LogP contribution in [0.25, 0.3) is 120 Å². The van der Waals surface area contributed by atoms with Crippen LogP contribution in [0.1, 0.15) is 22.3 Å². The average Bonchev–Trinajstić information content (AvgIpc) is 4.11. The Morgan fingerprint density at radius 2 is 0.908 bits per heavy atom. The molecule has 10 aromatic carbocycles. The molecule has 3 heterocycles. The van der Waals surface area contributed by atoms with Crippen molar-refractivity contribution in [3.8, 4) is 55.8 Å². The summed E-state index contributed by atoms with van der Waals surface area (Å²) in [7, 11) is 0. The van der Waals surface area contributed by atoms with Crippen molar-refractivity contribution < 1.29 is 4.42 Å². The Morgan fingerprint density at radius 1 is 0.354 bits per heavy atom. The van der Waals surface area contributed by atoms with E-state index in [0.29, 0.717) is 0 Å². The Morgan fingerprint density at radius 3 is 1.68 bits per heavy atom. The van der Waals surface area contributed by atoms with Crippen LogP contribution in [-0.4, -0.2) is 4.98 Å². The van der Waals surface area contributed by atoms with Gasteiger partial charge in [-0.25, -0.2) is 4.98 Å². The number of benzene rings is 10. The van der Waals surface area contributed by atoms with Crippen LogP contribution in [0.4, 0.5) is 0 Å². The molecule has 0 bridgehead atoms. The molecule has 3 heteroatoms. The number of thiophene rings is 1. The summed E-state index contributed by atoms with van der Waals surface area (Å²) < 4.78 is 9.32. The van der Waals surface area contributed by atoms with E-state index in [-0.39, 0.29) is 0 Å². The van der Waals surface area contributed by atoms with E-state index in [2.05, 4.69) is 206 Å². The summed E-state index contributed by atoms with van der Waals surface area (Å²) in [5, 5.41) is 8.30. The first-order valence-electron chi connectivity index (χ1n) is 22.4. The van der Waals surface area contributed by atoms with Crippen molar-refractivity contribution in [2.24, 2.45) is 0 Å². The molecule has 0 amide bonds. The number of pyridine rings is 1. The molecule has 13 aromatic rings. The third-order valence-electron chi connectivity index (χ3n) is 14.5. The van der Waals surface area contributed by atoms with Crippen LogP contribution in [0.5, 0.6) is 0 Å². The number of aromatic nitrogens is 1. The lowest BCUT2D eigenvalue weighted by Gasteiger charge is -2.30. The van der Waals surface area contributed by atoms with Gasteiger partial charge in [0.15, 0.2) is 0 Å². The second-order valence-corrected chi connectivity index (χ2v) is 18.7. The van der Waals surface area contributed by atoms with Crippen molar-refractivity contribution in [3.05, 3.63) is 235 Å². The highest BCUT2D eigenvalue weighted by molar-refractivity contribution is 7.26. The molecule has 0 radical (unpaired) electrons. The number of rotatable bonds is 3. The van der Waals surface area contributed by atoms with E-state index >= 15 is 0 Å². The predicted octanol–water partition coefficient (Wildman–Crippen LogP) is 17.0. The van der Waals surface area contributed by atoms with E-state index in [1.807, 2.05) is 17.4 Å². The molecule has 0 saturated carbocycles. The number of furan rings is 1. The Labute approximate surface area is 378 Å². The summed E-state index contributed by atoms with van der Waals surface area (Å²) in [6.45, 7) is 0. The third-order valence-corrected chi connectivity index (χ3v) is 15.7. The van der Waals surface area contributed by atoms with Gasteiger partial charge in [0.1, 0.15) is 11.2 Å². The minimum absolute atomic E-state index is 0.475. The minimum atomic E-state index is -0.475. The van der Waals surface area contributed by atoms with Crippen LogP contribution in [0.3, 0.4) is 0 Å². The fourth-order valence-corrected chi connectivity index (χ4v) is 13.0. The summed E-state index contributed by atoms with van der Waals surface area (Å²) in [5.74, 6) is 0. The number of hydrogen-bond donors (Lipinski definition) is 0. The number of hydrogen-bond acceptors (Lipinski definition) is 3. The molecule has 15 rings (SSSR count). The zero-order valence-electron chi connectivity index (χ0n) is 35.0. The lowest BCUT2D eigenvalue weighted by atomic mass is 9.70. The van der Waals surface area contributed by atoms with Gasteiger partial charge in [0.2, 0.25) is 0 Å². The van der Waals surface area contributed by atoms with Crippen molar-refractivity contribution >= 4 is 75.1 Å². The molecule has 0 atom stereocenters. The van der Waals surface area contributed by atoms with Crippen LogP contribution in [-0.2, 0) is 5.41 Å². The molecule has 0 aliphatic heterocycles. The smallest absolute Gasteiger partial charge is 0.143 e. The zero-order chi connectivity index (χ0) is 42.4. The van der Waals surface area contributed by atoms with E-state index in [1.54, 1.807) is 0 Å². The molecule has 65 heavy (non-hydrogen) atoms.